The van der Waals surface area contributed by atoms with Gasteiger partial charge in [0.25, 0.3) is 0 Å². The summed E-state index contributed by atoms with van der Waals surface area (Å²) < 4.78 is 5.76. The summed E-state index contributed by atoms with van der Waals surface area (Å²) in [6.07, 6.45) is 2.00. The van der Waals surface area contributed by atoms with Gasteiger partial charge in [0.15, 0.2) is 0 Å². The molecular formula is C25H28N2O2. The summed E-state index contributed by atoms with van der Waals surface area (Å²) in [6.45, 7) is 8.92. The number of aryl methyl sites for hydroxylation is 1. The molecule has 1 N–H and O–H groups in total. The Hall–Kier alpha value is -3.14. The first-order chi connectivity index (χ1) is 14.0. The smallest absolute Gasteiger partial charge is 0.244 e. The maximum absolute atomic E-state index is 12.4. The van der Waals surface area contributed by atoms with Crippen LogP contribution >= 0.6 is 0 Å². The van der Waals surface area contributed by atoms with Crippen molar-refractivity contribution in [3.8, 4) is 5.75 Å². The Kier molecular flexibility index (Phi) is 6.65. The predicted octanol–water partition coefficient (Wildman–Crippen LogP) is 5.36. The van der Waals surface area contributed by atoms with Gasteiger partial charge in [-0.2, -0.15) is 5.10 Å². The van der Waals surface area contributed by atoms with Crippen molar-refractivity contribution in [3.63, 3.8) is 0 Å². The van der Waals surface area contributed by atoms with Crippen LogP contribution in [0.1, 0.15) is 48.9 Å². The molecule has 0 saturated heterocycles. The van der Waals surface area contributed by atoms with Gasteiger partial charge in [0.1, 0.15) is 5.75 Å². The predicted molar refractivity (Wildman–Crippen MR) is 120 cm³/mol. The van der Waals surface area contributed by atoms with Crippen LogP contribution in [0, 0.1) is 6.92 Å². The molecule has 0 fully saturated rings. The standard InChI is InChI=1S/C25H28N2O2/c1-5-29-24-13-18(4)21(14-23(24)17(2)3)16-26-27-25(28)15-20-11-8-10-19-9-6-7-12-22(19)20/h6-14,16-17H,5,15H2,1-4H3,(H,27,28)/b26-16-. The van der Waals surface area contributed by atoms with Crippen molar-refractivity contribution < 1.29 is 9.53 Å². The fourth-order valence-corrected chi connectivity index (χ4v) is 3.42. The molecule has 3 aromatic rings. The molecule has 0 spiro atoms. The lowest BCUT2D eigenvalue weighted by Gasteiger charge is -2.15. The van der Waals surface area contributed by atoms with Crippen LogP contribution in [0.5, 0.6) is 5.75 Å². The number of hydrogen-bond donors (Lipinski definition) is 1. The quantitative estimate of drug-likeness (QED) is 0.437. The van der Waals surface area contributed by atoms with E-state index >= 15 is 0 Å². The number of benzene rings is 3. The van der Waals surface area contributed by atoms with E-state index in [1.165, 1.54) is 0 Å². The van der Waals surface area contributed by atoms with Gasteiger partial charge in [-0.15, -0.1) is 0 Å². The van der Waals surface area contributed by atoms with Crippen molar-refractivity contribution in [2.45, 2.75) is 40.0 Å². The first-order valence-electron chi connectivity index (χ1n) is 10.1. The van der Waals surface area contributed by atoms with Crippen molar-refractivity contribution in [1.29, 1.82) is 0 Å². The molecule has 0 aromatic heterocycles. The fraction of sp³-hybridized carbons (Fsp3) is 0.280. The fourth-order valence-electron chi connectivity index (χ4n) is 3.42. The van der Waals surface area contributed by atoms with Gasteiger partial charge in [0.2, 0.25) is 5.91 Å². The zero-order valence-corrected chi connectivity index (χ0v) is 17.5. The van der Waals surface area contributed by atoms with E-state index in [2.05, 4.69) is 42.6 Å². The van der Waals surface area contributed by atoms with Crippen LogP contribution in [0.25, 0.3) is 10.8 Å². The summed E-state index contributed by atoms with van der Waals surface area (Å²) in [7, 11) is 0. The monoisotopic (exact) mass is 388 g/mol. The van der Waals surface area contributed by atoms with Crippen LogP contribution < -0.4 is 10.2 Å². The highest BCUT2D eigenvalue weighted by molar-refractivity contribution is 5.91. The van der Waals surface area contributed by atoms with Crippen LogP contribution in [-0.4, -0.2) is 18.7 Å². The third-order valence-corrected chi connectivity index (χ3v) is 4.94. The zero-order valence-electron chi connectivity index (χ0n) is 17.5. The SMILES string of the molecule is CCOc1cc(C)c(/C=N\NC(=O)Cc2cccc3ccccc23)cc1C(C)C. The van der Waals surface area contributed by atoms with Gasteiger partial charge < -0.3 is 4.74 Å². The van der Waals surface area contributed by atoms with Crippen LogP contribution in [0.4, 0.5) is 0 Å². The van der Waals surface area contributed by atoms with Gasteiger partial charge in [-0.3, -0.25) is 4.79 Å². The molecule has 0 aliphatic rings. The van der Waals surface area contributed by atoms with Crippen LogP contribution in [0.2, 0.25) is 0 Å². The van der Waals surface area contributed by atoms with Gasteiger partial charge >= 0.3 is 0 Å². The normalized spacial score (nSPS) is 11.3. The van der Waals surface area contributed by atoms with E-state index in [-0.39, 0.29) is 12.3 Å². The highest BCUT2D eigenvalue weighted by atomic mass is 16.5. The Balaban J connectivity index is 1.72. The van der Waals surface area contributed by atoms with E-state index in [0.717, 1.165) is 38.8 Å². The van der Waals surface area contributed by atoms with E-state index in [1.807, 2.05) is 50.2 Å². The number of amides is 1. The molecule has 3 rings (SSSR count). The van der Waals surface area contributed by atoms with Crippen molar-refractivity contribution in [2.75, 3.05) is 6.61 Å². The molecule has 3 aromatic carbocycles. The number of hydrogen-bond acceptors (Lipinski definition) is 3. The van der Waals surface area contributed by atoms with E-state index in [0.29, 0.717) is 12.5 Å². The van der Waals surface area contributed by atoms with E-state index in [4.69, 9.17) is 4.74 Å². The van der Waals surface area contributed by atoms with Crippen LogP contribution in [0.15, 0.2) is 59.7 Å². The minimum absolute atomic E-state index is 0.134. The van der Waals surface area contributed by atoms with E-state index < -0.39 is 0 Å². The molecule has 0 saturated carbocycles. The molecule has 0 heterocycles. The molecule has 150 valence electrons. The van der Waals surface area contributed by atoms with Gasteiger partial charge in [-0.05, 0) is 64.9 Å². The molecule has 0 atom stereocenters. The number of nitrogens with zero attached hydrogens (tertiary/aromatic N) is 1. The number of hydrazone groups is 1. The molecule has 0 unspecified atom stereocenters. The molecule has 1 amide bonds. The molecule has 0 bridgehead atoms. The van der Waals surface area contributed by atoms with Crippen molar-refractivity contribution in [1.82, 2.24) is 5.43 Å². The molecule has 0 aliphatic carbocycles. The van der Waals surface area contributed by atoms with Crippen molar-refractivity contribution in [3.05, 3.63) is 76.9 Å². The van der Waals surface area contributed by atoms with Crippen LogP contribution in [0.3, 0.4) is 0 Å². The lowest BCUT2D eigenvalue weighted by molar-refractivity contribution is -0.120. The topological polar surface area (TPSA) is 50.7 Å². The third kappa shape index (κ3) is 5.02. The number of rotatable bonds is 7. The lowest BCUT2D eigenvalue weighted by Crippen LogP contribution is -2.20. The third-order valence-electron chi connectivity index (χ3n) is 4.94. The number of nitrogens with one attached hydrogen (secondary N) is 1. The Bertz CT molecular complexity index is 1030. The Morgan fingerprint density at radius 3 is 2.66 bits per heavy atom. The molecule has 0 radical (unpaired) electrons. The van der Waals surface area contributed by atoms with Gasteiger partial charge in [0, 0.05) is 0 Å². The van der Waals surface area contributed by atoms with Crippen molar-refractivity contribution in [2.24, 2.45) is 5.10 Å². The first-order valence-corrected chi connectivity index (χ1v) is 10.1. The largest absolute Gasteiger partial charge is 0.494 e. The number of carbonyl (C=O) groups is 1. The molecule has 4 nitrogen and oxygen atoms in total. The van der Waals surface area contributed by atoms with E-state index in [9.17, 15) is 4.79 Å². The summed E-state index contributed by atoms with van der Waals surface area (Å²) in [5.74, 6) is 1.12. The second-order valence-electron chi connectivity index (χ2n) is 7.44. The molecule has 0 aliphatic heterocycles. The van der Waals surface area contributed by atoms with Gasteiger partial charge in [-0.25, -0.2) is 5.43 Å². The maximum Gasteiger partial charge on any atom is 0.244 e. The van der Waals surface area contributed by atoms with E-state index in [1.54, 1.807) is 6.21 Å². The van der Waals surface area contributed by atoms with Crippen LogP contribution in [-0.2, 0) is 11.2 Å². The average Bonchev–Trinajstić information content (AvgIpc) is 2.70. The van der Waals surface area contributed by atoms with Crippen molar-refractivity contribution >= 4 is 22.9 Å². The summed E-state index contributed by atoms with van der Waals surface area (Å²) in [4.78, 5) is 12.4. The van der Waals surface area contributed by atoms with Gasteiger partial charge in [0.05, 0.1) is 19.2 Å². The maximum atomic E-state index is 12.4. The molecular weight excluding hydrogens is 360 g/mol. The summed E-state index contributed by atoms with van der Waals surface area (Å²) >= 11 is 0. The first kappa shape index (κ1) is 20.6. The zero-order chi connectivity index (χ0) is 20.8. The molecule has 4 heteroatoms. The Labute approximate surface area is 172 Å². The minimum atomic E-state index is -0.134. The second-order valence-corrected chi connectivity index (χ2v) is 7.44. The number of ether oxygens (including phenoxy) is 1. The Morgan fingerprint density at radius 1 is 1.14 bits per heavy atom. The minimum Gasteiger partial charge on any atom is -0.494 e. The highest BCUT2D eigenvalue weighted by Crippen LogP contribution is 2.29. The summed E-state index contributed by atoms with van der Waals surface area (Å²) in [5, 5.41) is 6.42. The average molecular weight is 389 g/mol. The number of carbonyl (C=O) groups excluding carboxylic acids is 1. The highest BCUT2D eigenvalue weighted by Gasteiger charge is 2.11. The second kappa shape index (κ2) is 9.37. The summed E-state index contributed by atoms with van der Waals surface area (Å²) in [5.41, 5.74) is 6.83. The lowest BCUT2D eigenvalue weighted by atomic mass is 9.97. The molecule has 29 heavy (non-hydrogen) atoms. The number of fused-ring (bicyclic) bond motifs is 1. The van der Waals surface area contributed by atoms with Gasteiger partial charge in [-0.1, -0.05) is 56.3 Å². The summed E-state index contributed by atoms with van der Waals surface area (Å²) in [6, 6.07) is 18.2. The Morgan fingerprint density at radius 2 is 1.90 bits per heavy atom.